The number of nitrogen functional groups attached to an aromatic ring is 1. The van der Waals surface area contributed by atoms with E-state index in [-0.39, 0.29) is 5.95 Å². The monoisotopic (exact) mass is 243 g/mol. The topological polar surface area (TPSA) is 61.0 Å². The van der Waals surface area contributed by atoms with Crippen LogP contribution in [-0.2, 0) is 0 Å². The van der Waals surface area contributed by atoms with Gasteiger partial charge in [0, 0.05) is 11.8 Å². The predicted octanol–water partition coefficient (Wildman–Crippen LogP) is 2.66. The maximum absolute atomic E-state index is 5.64. The third-order valence-electron chi connectivity index (χ3n) is 3.12. The van der Waals surface area contributed by atoms with Crippen LogP contribution in [-0.4, -0.2) is 17.1 Å². The molecule has 1 heterocycles. The van der Waals surface area contributed by atoms with Gasteiger partial charge in [0.1, 0.15) is 5.75 Å². The van der Waals surface area contributed by atoms with Gasteiger partial charge < -0.3 is 10.5 Å². The largest absolute Gasteiger partial charge is 0.496 e. The molecule has 94 valence electrons. The molecule has 0 aliphatic carbocycles. The van der Waals surface area contributed by atoms with Gasteiger partial charge in [0.2, 0.25) is 5.95 Å². The Hall–Kier alpha value is -2.10. The first-order valence-corrected chi connectivity index (χ1v) is 5.78. The number of nitrogens with zero attached hydrogens (tertiary/aromatic N) is 2. The van der Waals surface area contributed by atoms with Crippen molar-refractivity contribution in [1.29, 1.82) is 0 Å². The molecule has 0 saturated heterocycles. The van der Waals surface area contributed by atoms with Crippen LogP contribution in [0.2, 0.25) is 0 Å². The summed E-state index contributed by atoms with van der Waals surface area (Å²) in [6, 6.07) is 3.97. The molecule has 0 bridgehead atoms. The van der Waals surface area contributed by atoms with E-state index in [0.717, 1.165) is 28.1 Å². The molecular weight excluding hydrogens is 226 g/mol. The molecule has 0 saturated carbocycles. The number of hydrogen-bond acceptors (Lipinski definition) is 4. The lowest BCUT2D eigenvalue weighted by Gasteiger charge is -2.16. The Labute approximate surface area is 107 Å². The molecule has 2 N–H and O–H groups in total. The second kappa shape index (κ2) is 4.64. The summed E-state index contributed by atoms with van der Waals surface area (Å²) < 4.78 is 5.53. The average Bonchev–Trinajstić information content (AvgIpc) is 2.33. The molecule has 0 unspecified atom stereocenters. The number of aromatic nitrogens is 2. The summed E-state index contributed by atoms with van der Waals surface area (Å²) in [5.74, 6) is 1.12. The molecule has 18 heavy (non-hydrogen) atoms. The van der Waals surface area contributed by atoms with Gasteiger partial charge in [0.05, 0.1) is 12.8 Å². The van der Waals surface area contributed by atoms with Crippen molar-refractivity contribution in [2.75, 3.05) is 12.8 Å². The fourth-order valence-corrected chi connectivity index (χ4v) is 2.14. The van der Waals surface area contributed by atoms with Crippen LogP contribution in [0.5, 0.6) is 5.75 Å². The quantitative estimate of drug-likeness (QED) is 0.880. The van der Waals surface area contributed by atoms with Crippen molar-refractivity contribution in [3.05, 3.63) is 35.0 Å². The van der Waals surface area contributed by atoms with E-state index in [9.17, 15) is 0 Å². The molecule has 1 aromatic carbocycles. The Morgan fingerprint density at radius 3 is 2.50 bits per heavy atom. The molecule has 0 spiro atoms. The molecule has 4 heteroatoms. The highest BCUT2D eigenvalue weighted by molar-refractivity contribution is 5.74. The first-order chi connectivity index (χ1) is 8.54. The van der Waals surface area contributed by atoms with Crippen LogP contribution in [0.1, 0.15) is 16.7 Å². The molecule has 2 aromatic rings. The lowest BCUT2D eigenvalue weighted by atomic mass is 9.97. The van der Waals surface area contributed by atoms with Crippen molar-refractivity contribution < 1.29 is 4.74 Å². The summed E-state index contributed by atoms with van der Waals surface area (Å²) in [7, 11) is 1.68. The first kappa shape index (κ1) is 12.4. The molecule has 4 nitrogen and oxygen atoms in total. The maximum atomic E-state index is 5.64. The van der Waals surface area contributed by atoms with Gasteiger partial charge in [-0.15, -0.1) is 0 Å². The van der Waals surface area contributed by atoms with Crippen molar-refractivity contribution in [3.8, 4) is 17.0 Å². The van der Waals surface area contributed by atoms with Crippen LogP contribution in [0, 0.1) is 20.8 Å². The van der Waals surface area contributed by atoms with E-state index in [2.05, 4.69) is 23.0 Å². The molecule has 0 fully saturated rings. The SMILES string of the molecule is COc1c(C)c(C)cc(C)c1-c1ccnc(N)n1. The Morgan fingerprint density at radius 1 is 1.17 bits per heavy atom. The van der Waals surface area contributed by atoms with E-state index < -0.39 is 0 Å². The Morgan fingerprint density at radius 2 is 1.89 bits per heavy atom. The minimum absolute atomic E-state index is 0.271. The summed E-state index contributed by atoms with van der Waals surface area (Å²) in [6.45, 7) is 6.16. The van der Waals surface area contributed by atoms with E-state index >= 15 is 0 Å². The van der Waals surface area contributed by atoms with Crippen LogP contribution < -0.4 is 10.5 Å². The average molecular weight is 243 g/mol. The van der Waals surface area contributed by atoms with Crippen LogP contribution in [0.3, 0.4) is 0 Å². The molecule has 0 radical (unpaired) electrons. The number of ether oxygens (including phenoxy) is 1. The standard InChI is InChI=1S/C14H17N3O/c1-8-7-9(2)12(13(18-4)10(8)3)11-5-6-16-14(15)17-11/h5-7H,1-4H3,(H2,15,16,17). The number of hydrogen-bond donors (Lipinski definition) is 1. The molecule has 0 aliphatic heterocycles. The molecule has 2 rings (SSSR count). The Kier molecular flexibility index (Phi) is 3.19. The number of aryl methyl sites for hydroxylation is 2. The molecule has 0 amide bonds. The first-order valence-electron chi connectivity index (χ1n) is 5.78. The van der Waals surface area contributed by atoms with Crippen molar-refractivity contribution >= 4 is 5.95 Å². The van der Waals surface area contributed by atoms with Gasteiger partial charge >= 0.3 is 0 Å². The van der Waals surface area contributed by atoms with Crippen LogP contribution in [0.15, 0.2) is 18.3 Å². The summed E-state index contributed by atoms with van der Waals surface area (Å²) in [4.78, 5) is 8.19. The zero-order chi connectivity index (χ0) is 13.3. The summed E-state index contributed by atoms with van der Waals surface area (Å²) >= 11 is 0. The van der Waals surface area contributed by atoms with Gasteiger partial charge in [-0.2, -0.15) is 0 Å². The lowest BCUT2D eigenvalue weighted by Crippen LogP contribution is -2.00. The summed E-state index contributed by atoms with van der Waals surface area (Å²) in [5.41, 5.74) is 10.9. The third-order valence-corrected chi connectivity index (χ3v) is 3.12. The number of benzene rings is 1. The molecule has 0 atom stereocenters. The second-order valence-electron chi connectivity index (χ2n) is 4.34. The Bertz CT molecular complexity index is 594. The van der Waals surface area contributed by atoms with Crippen molar-refractivity contribution in [2.45, 2.75) is 20.8 Å². The molecule has 0 aliphatic rings. The number of anilines is 1. The highest BCUT2D eigenvalue weighted by Gasteiger charge is 2.15. The predicted molar refractivity (Wildman–Crippen MR) is 72.6 cm³/mol. The number of rotatable bonds is 2. The van der Waals surface area contributed by atoms with Gasteiger partial charge in [0.25, 0.3) is 0 Å². The summed E-state index contributed by atoms with van der Waals surface area (Å²) in [6.07, 6.45) is 1.66. The fourth-order valence-electron chi connectivity index (χ4n) is 2.14. The van der Waals surface area contributed by atoms with Crippen LogP contribution in [0.25, 0.3) is 11.3 Å². The van der Waals surface area contributed by atoms with E-state index in [0.29, 0.717) is 0 Å². The highest BCUT2D eigenvalue weighted by atomic mass is 16.5. The van der Waals surface area contributed by atoms with E-state index in [1.165, 1.54) is 5.56 Å². The van der Waals surface area contributed by atoms with E-state index in [4.69, 9.17) is 10.5 Å². The minimum Gasteiger partial charge on any atom is -0.496 e. The minimum atomic E-state index is 0.271. The fraction of sp³-hybridized carbons (Fsp3) is 0.286. The smallest absolute Gasteiger partial charge is 0.220 e. The molecular formula is C14H17N3O. The van der Waals surface area contributed by atoms with Gasteiger partial charge in [-0.3, -0.25) is 0 Å². The van der Waals surface area contributed by atoms with E-state index in [1.807, 2.05) is 19.9 Å². The van der Waals surface area contributed by atoms with Gasteiger partial charge in [-0.05, 0) is 43.5 Å². The normalized spacial score (nSPS) is 10.4. The van der Waals surface area contributed by atoms with Gasteiger partial charge in [-0.1, -0.05) is 6.07 Å². The van der Waals surface area contributed by atoms with Crippen molar-refractivity contribution in [2.24, 2.45) is 0 Å². The van der Waals surface area contributed by atoms with Crippen LogP contribution >= 0.6 is 0 Å². The second-order valence-corrected chi connectivity index (χ2v) is 4.34. The maximum Gasteiger partial charge on any atom is 0.220 e. The van der Waals surface area contributed by atoms with Gasteiger partial charge in [0.15, 0.2) is 0 Å². The number of methoxy groups -OCH3 is 1. The molecule has 1 aromatic heterocycles. The van der Waals surface area contributed by atoms with Crippen molar-refractivity contribution in [1.82, 2.24) is 9.97 Å². The number of nitrogens with two attached hydrogens (primary N) is 1. The third kappa shape index (κ3) is 2.01. The Balaban J connectivity index is 2.74. The van der Waals surface area contributed by atoms with Gasteiger partial charge in [-0.25, -0.2) is 9.97 Å². The van der Waals surface area contributed by atoms with Crippen molar-refractivity contribution in [3.63, 3.8) is 0 Å². The van der Waals surface area contributed by atoms with Crippen LogP contribution in [0.4, 0.5) is 5.95 Å². The summed E-state index contributed by atoms with van der Waals surface area (Å²) in [5, 5.41) is 0. The highest BCUT2D eigenvalue weighted by Crippen LogP contribution is 2.36. The zero-order valence-electron chi connectivity index (χ0n) is 11.1. The lowest BCUT2D eigenvalue weighted by molar-refractivity contribution is 0.412. The zero-order valence-corrected chi connectivity index (χ0v) is 11.1. The van der Waals surface area contributed by atoms with E-state index in [1.54, 1.807) is 13.3 Å².